The molecule has 8 heteroatoms. The summed E-state index contributed by atoms with van der Waals surface area (Å²) in [6, 6.07) is 14.1. The van der Waals surface area contributed by atoms with Crippen molar-refractivity contribution in [3.63, 3.8) is 0 Å². The first-order valence-electron chi connectivity index (χ1n) is 5.88. The summed E-state index contributed by atoms with van der Waals surface area (Å²) in [4.78, 5) is -0.396. The third-order valence-corrected chi connectivity index (χ3v) is 7.53. The van der Waals surface area contributed by atoms with Crippen molar-refractivity contribution in [2.45, 2.75) is 14.5 Å². The molecular formula is C13H12N2O4S2. The van der Waals surface area contributed by atoms with E-state index in [0.29, 0.717) is 0 Å². The SMILES string of the molecule is [N-]=[NH+]C(S(=O)(=O)c1ccccc1)S(=O)(=O)c1ccccc1. The lowest BCUT2D eigenvalue weighted by Crippen LogP contribution is -2.77. The Hall–Kier alpha value is -2.06. The summed E-state index contributed by atoms with van der Waals surface area (Å²) in [6.45, 7) is 0. The van der Waals surface area contributed by atoms with E-state index in [1.807, 2.05) is 0 Å². The normalized spacial score (nSPS) is 12.2. The summed E-state index contributed by atoms with van der Waals surface area (Å²) in [5, 5.41) is 1.40. The molecule has 0 aromatic heterocycles. The van der Waals surface area contributed by atoms with Crippen molar-refractivity contribution in [1.82, 2.24) is 0 Å². The lowest BCUT2D eigenvalue weighted by molar-refractivity contribution is -0.474. The van der Waals surface area contributed by atoms with Crippen LogP contribution in [-0.4, -0.2) is 21.5 Å². The molecule has 2 rings (SSSR count). The first kappa shape index (κ1) is 15.3. The Balaban J connectivity index is 2.58. The van der Waals surface area contributed by atoms with Crippen molar-refractivity contribution in [3.8, 4) is 0 Å². The fourth-order valence-electron chi connectivity index (χ4n) is 1.77. The van der Waals surface area contributed by atoms with Crippen LogP contribution < -0.4 is 5.11 Å². The van der Waals surface area contributed by atoms with Gasteiger partial charge in [0.05, 0.1) is 9.79 Å². The van der Waals surface area contributed by atoms with E-state index >= 15 is 0 Å². The first-order valence-corrected chi connectivity index (χ1v) is 8.97. The van der Waals surface area contributed by atoms with E-state index in [9.17, 15) is 16.8 Å². The van der Waals surface area contributed by atoms with Gasteiger partial charge < -0.3 is 10.6 Å². The molecule has 21 heavy (non-hydrogen) atoms. The van der Waals surface area contributed by atoms with Crippen LogP contribution >= 0.6 is 0 Å². The van der Waals surface area contributed by atoms with Crippen molar-refractivity contribution in [2.24, 2.45) is 0 Å². The van der Waals surface area contributed by atoms with Gasteiger partial charge in [-0.15, -0.1) is 0 Å². The molecule has 0 fully saturated rings. The number of nitrogens with one attached hydrogen (secondary N) is 1. The molecule has 0 amide bonds. The maximum absolute atomic E-state index is 12.4. The van der Waals surface area contributed by atoms with Crippen LogP contribution in [0.5, 0.6) is 0 Å². The average molecular weight is 324 g/mol. The largest absolute Gasteiger partial charge is 0.506 e. The quantitative estimate of drug-likeness (QED) is 0.800. The van der Waals surface area contributed by atoms with Gasteiger partial charge in [0.2, 0.25) is 0 Å². The summed E-state index contributed by atoms with van der Waals surface area (Å²) < 4.78 is 47.4. The standard InChI is InChI=1S/C13H12N2O4S2/c14-15-13(20(16,17)11-7-3-1-4-8-11)21(18,19)12-9-5-2-6-10-12/h1-10,13,15H. The summed E-state index contributed by atoms with van der Waals surface area (Å²) in [5.41, 5.74) is 9.11. The molecule has 0 spiro atoms. The highest BCUT2D eigenvalue weighted by atomic mass is 32.3. The van der Waals surface area contributed by atoms with Gasteiger partial charge in [0, 0.05) is 0 Å². The minimum absolute atomic E-state index is 0.198. The van der Waals surface area contributed by atoms with Crippen molar-refractivity contribution < 1.29 is 21.9 Å². The van der Waals surface area contributed by atoms with Crippen LogP contribution in [0.3, 0.4) is 0 Å². The number of rotatable bonds is 5. The zero-order chi connectivity index (χ0) is 15.5. The van der Waals surface area contributed by atoms with E-state index in [0.717, 1.165) is 0 Å². The molecule has 0 saturated carbocycles. The highest BCUT2D eigenvalue weighted by Gasteiger charge is 2.42. The van der Waals surface area contributed by atoms with Gasteiger partial charge in [-0.3, -0.25) is 0 Å². The van der Waals surface area contributed by atoms with E-state index in [4.69, 9.17) is 5.53 Å². The highest BCUT2D eigenvalue weighted by molar-refractivity contribution is 8.08. The molecule has 2 aromatic rings. The molecule has 2 aromatic carbocycles. The van der Waals surface area contributed by atoms with Crippen LogP contribution in [0.1, 0.15) is 0 Å². The van der Waals surface area contributed by atoms with Crippen LogP contribution in [-0.2, 0) is 19.7 Å². The molecule has 110 valence electrons. The molecule has 1 N–H and O–H groups in total. The Morgan fingerprint density at radius 3 is 1.33 bits per heavy atom. The number of nitrogens with zero attached hydrogens (tertiary/aromatic N) is 1. The van der Waals surface area contributed by atoms with Crippen molar-refractivity contribution >= 4 is 19.7 Å². The number of benzene rings is 2. The maximum Gasteiger partial charge on any atom is 0.349 e. The molecule has 0 aliphatic rings. The van der Waals surface area contributed by atoms with E-state index in [2.05, 4.69) is 0 Å². The predicted octanol–water partition coefficient (Wildman–Crippen LogP) is 0.320. The zero-order valence-electron chi connectivity index (χ0n) is 10.7. The molecule has 0 saturated heterocycles. The lowest BCUT2D eigenvalue weighted by Gasteiger charge is -2.12. The Labute approximate surface area is 122 Å². The van der Waals surface area contributed by atoms with Gasteiger partial charge in [-0.2, -0.15) is 0 Å². The minimum Gasteiger partial charge on any atom is -0.506 e. The maximum atomic E-state index is 12.4. The van der Waals surface area contributed by atoms with Crippen LogP contribution in [0.25, 0.3) is 5.53 Å². The van der Waals surface area contributed by atoms with Crippen molar-refractivity contribution in [2.75, 3.05) is 0 Å². The molecule has 0 bridgehead atoms. The van der Waals surface area contributed by atoms with Crippen LogP contribution in [0, 0.1) is 0 Å². The van der Waals surface area contributed by atoms with Crippen molar-refractivity contribution in [3.05, 3.63) is 66.2 Å². The molecule has 0 radical (unpaired) electrons. The summed E-state index contributed by atoms with van der Waals surface area (Å²) in [5.74, 6) is 0. The molecule has 0 aliphatic carbocycles. The lowest BCUT2D eigenvalue weighted by atomic mass is 10.4. The molecule has 6 nitrogen and oxygen atoms in total. The third kappa shape index (κ3) is 2.86. The van der Waals surface area contributed by atoms with Crippen LogP contribution in [0.4, 0.5) is 0 Å². The van der Waals surface area contributed by atoms with Gasteiger partial charge in [0.25, 0.3) is 19.7 Å². The Morgan fingerprint density at radius 1 is 0.714 bits per heavy atom. The number of sulfone groups is 2. The molecule has 0 atom stereocenters. The smallest absolute Gasteiger partial charge is 0.349 e. The van der Waals surface area contributed by atoms with Gasteiger partial charge in [-0.25, -0.2) is 16.8 Å². The molecule has 0 aliphatic heterocycles. The van der Waals surface area contributed by atoms with Gasteiger partial charge in [0.15, 0.2) is 0 Å². The summed E-state index contributed by atoms with van der Waals surface area (Å²) in [6.07, 6.45) is 0. The topological polar surface area (TPSA) is 105 Å². The van der Waals surface area contributed by atoms with Crippen LogP contribution in [0.15, 0.2) is 70.5 Å². The van der Waals surface area contributed by atoms with E-state index in [1.165, 1.54) is 53.6 Å². The molecule has 0 unspecified atom stereocenters. The third-order valence-electron chi connectivity index (χ3n) is 2.81. The van der Waals surface area contributed by atoms with Gasteiger partial charge >= 0.3 is 4.71 Å². The minimum atomic E-state index is -4.31. The number of hydrogen-bond donors (Lipinski definition) is 1. The second-order valence-electron chi connectivity index (χ2n) is 4.18. The van der Waals surface area contributed by atoms with Crippen molar-refractivity contribution in [1.29, 1.82) is 0 Å². The zero-order valence-corrected chi connectivity index (χ0v) is 12.4. The Bertz CT molecular complexity index is 763. The Kier molecular flexibility index (Phi) is 4.19. The first-order chi connectivity index (χ1) is 9.90. The van der Waals surface area contributed by atoms with Gasteiger partial charge in [0.1, 0.15) is 0 Å². The number of hydrogen-bond acceptors (Lipinski definition) is 4. The molecular weight excluding hydrogens is 312 g/mol. The predicted molar refractivity (Wildman–Crippen MR) is 75.4 cm³/mol. The monoisotopic (exact) mass is 324 g/mol. The van der Waals surface area contributed by atoms with Gasteiger partial charge in [-0.1, -0.05) is 36.4 Å². The summed E-state index contributed by atoms with van der Waals surface area (Å²) in [7, 11) is -8.61. The second kappa shape index (κ2) is 5.74. The fourth-order valence-corrected chi connectivity index (χ4v) is 5.62. The average Bonchev–Trinajstić information content (AvgIpc) is 2.49. The Morgan fingerprint density at radius 2 is 1.05 bits per heavy atom. The second-order valence-corrected chi connectivity index (χ2v) is 8.54. The van der Waals surface area contributed by atoms with E-state index in [1.54, 1.807) is 12.1 Å². The summed E-state index contributed by atoms with van der Waals surface area (Å²) >= 11 is 0. The molecule has 0 heterocycles. The highest BCUT2D eigenvalue weighted by Crippen LogP contribution is 2.21. The van der Waals surface area contributed by atoms with Crippen LogP contribution in [0.2, 0.25) is 0 Å². The van der Waals surface area contributed by atoms with E-state index < -0.39 is 24.4 Å². The van der Waals surface area contributed by atoms with Gasteiger partial charge in [-0.05, 0) is 24.3 Å². The van der Waals surface area contributed by atoms with E-state index in [-0.39, 0.29) is 9.79 Å². The fraction of sp³-hybridized carbons (Fsp3) is 0.0769.